The lowest BCUT2D eigenvalue weighted by atomic mass is 10.1. The van der Waals surface area contributed by atoms with Gasteiger partial charge in [-0.25, -0.2) is 18.2 Å². The van der Waals surface area contributed by atoms with Crippen molar-refractivity contribution in [3.63, 3.8) is 0 Å². The maximum absolute atomic E-state index is 12.2. The van der Waals surface area contributed by atoms with Crippen molar-refractivity contribution < 1.29 is 32.9 Å². The highest BCUT2D eigenvalue weighted by Crippen LogP contribution is 2.15. The molecule has 2 aromatic carbocycles. The lowest BCUT2D eigenvalue weighted by Gasteiger charge is -2.08. The minimum absolute atomic E-state index is 0.107. The number of rotatable bonds is 9. The molecular formula is C17H18N2O7S. The minimum Gasteiger partial charge on any atom is -0.480 e. The first-order valence-electron chi connectivity index (χ1n) is 7.69. The second-order valence-corrected chi connectivity index (χ2v) is 7.09. The first-order valence-corrected chi connectivity index (χ1v) is 9.17. The maximum atomic E-state index is 12.2. The van der Waals surface area contributed by atoms with E-state index in [0.29, 0.717) is 11.3 Å². The first-order chi connectivity index (χ1) is 12.8. The Balaban J connectivity index is 2.01. The van der Waals surface area contributed by atoms with Gasteiger partial charge in [0.2, 0.25) is 10.0 Å². The zero-order chi connectivity index (χ0) is 19.9. The molecule has 0 fully saturated rings. The highest BCUT2D eigenvalue weighted by atomic mass is 32.2. The van der Waals surface area contributed by atoms with Gasteiger partial charge in [0.15, 0.2) is 0 Å². The van der Waals surface area contributed by atoms with Crippen molar-refractivity contribution in [2.75, 3.05) is 19.0 Å². The van der Waals surface area contributed by atoms with Gasteiger partial charge in [0.05, 0.1) is 12.0 Å². The van der Waals surface area contributed by atoms with Gasteiger partial charge in [-0.3, -0.25) is 9.59 Å². The molecule has 0 aliphatic carbocycles. The van der Waals surface area contributed by atoms with E-state index in [1.807, 2.05) is 4.72 Å². The third-order valence-corrected chi connectivity index (χ3v) is 4.81. The van der Waals surface area contributed by atoms with Crippen molar-refractivity contribution >= 4 is 27.6 Å². The summed E-state index contributed by atoms with van der Waals surface area (Å²) in [7, 11) is -2.53. The fourth-order valence-corrected chi connectivity index (χ4v) is 3.01. The lowest BCUT2D eigenvalue weighted by molar-refractivity contribution is -0.282. The Hall–Kier alpha value is -2.79. The number of carbonyl (C=O) groups excluding carboxylic acids is 1. The average Bonchev–Trinajstić information content (AvgIpc) is 2.65. The molecule has 0 saturated heterocycles. The van der Waals surface area contributed by atoms with E-state index in [2.05, 4.69) is 10.2 Å². The molecular weight excluding hydrogens is 376 g/mol. The normalized spacial score (nSPS) is 11.1. The molecule has 144 valence electrons. The van der Waals surface area contributed by atoms with Crippen LogP contribution in [0.4, 0.5) is 5.69 Å². The van der Waals surface area contributed by atoms with E-state index in [9.17, 15) is 18.0 Å². The van der Waals surface area contributed by atoms with Crippen LogP contribution in [-0.4, -0.2) is 39.1 Å². The summed E-state index contributed by atoms with van der Waals surface area (Å²) >= 11 is 0. The van der Waals surface area contributed by atoms with Gasteiger partial charge in [-0.15, -0.1) is 0 Å². The predicted octanol–water partition coefficient (Wildman–Crippen LogP) is 1.38. The third kappa shape index (κ3) is 6.15. The maximum Gasteiger partial charge on any atom is 0.318 e. The van der Waals surface area contributed by atoms with Gasteiger partial charge >= 0.3 is 5.97 Å². The third-order valence-electron chi connectivity index (χ3n) is 3.40. The number of carboxylic acids is 1. The molecule has 0 radical (unpaired) electrons. The fraction of sp³-hybridized carbons (Fsp3) is 0.176. The second-order valence-electron chi connectivity index (χ2n) is 5.32. The van der Waals surface area contributed by atoms with Gasteiger partial charge < -0.3 is 10.4 Å². The Labute approximate surface area is 155 Å². The molecule has 0 spiro atoms. The van der Waals surface area contributed by atoms with Crippen molar-refractivity contribution in [1.29, 1.82) is 0 Å². The number of sulfonamides is 1. The summed E-state index contributed by atoms with van der Waals surface area (Å²) in [6, 6.07) is 12.0. The van der Waals surface area contributed by atoms with Crippen LogP contribution < -0.4 is 10.0 Å². The molecule has 1 amide bonds. The fourth-order valence-electron chi connectivity index (χ4n) is 2.04. The monoisotopic (exact) mass is 394 g/mol. The molecule has 2 aromatic rings. The molecule has 2 rings (SSSR count). The molecule has 27 heavy (non-hydrogen) atoms. The smallest absolute Gasteiger partial charge is 0.318 e. The summed E-state index contributed by atoms with van der Waals surface area (Å²) in [5, 5.41) is 11.2. The number of anilines is 1. The molecule has 0 saturated carbocycles. The summed E-state index contributed by atoms with van der Waals surface area (Å²) in [5.41, 5.74) is 1.64. The Morgan fingerprint density at radius 2 is 1.67 bits per heavy atom. The number of carbonyl (C=O) groups is 2. The van der Waals surface area contributed by atoms with Gasteiger partial charge in [-0.05, 0) is 42.0 Å². The highest BCUT2D eigenvalue weighted by Gasteiger charge is 2.15. The highest BCUT2D eigenvalue weighted by molar-refractivity contribution is 7.89. The number of nitrogens with one attached hydrogen (secondary N) is 2. The molecule has 0 aliphatic rings. The zero-order valence-electron chi connectivity index (χ0n) is 14.3. The lowest BCUT2D eigenvalue weighted by Crippen LogP contribution is -2.29. The van der Waals surface area contributed by atoms with Gasteiger partial charge in [-0.1, -0.05) is 12.1 Å². The summed E-state index contributed by atoms with van der Waals surface area (Å²) in [6.45, 7) is -0.462. The number of aliphatic carboxylic acids is 1. The number of amides is 1. The van der Waals surface area contributed by atoms with Gasteiger partial charge in [0.1, 0.15) is 13.2 Å². The summed E-state index contributed by atoms with van der Waals surface area (Å²) in [5.74, 6) is -1.66. The predicted molar refractivity (Wildman–Crippen MR) is 95.5 cm³/mol. The van der Waals surface area contributed by atoms with Crippen LogP contribution >= 0.6 is 0 Å². The van der Waals surface area contributed by atoms with Crippen molar-refractivity contribution in [2.45, 2.75) is 11.5 Å². The molecule has 0 heterocycles. The summed E-state index contributed by atoms with van der Waals surface area (Å²) in [4.78, 5) is 31.9. The average molecular weight is 394 g/mol. The van der Waals surface area contributed by atoms with Gasteiger partial charge in [0, 0.05) is 11.3 Å². The Morgan fingerprint density at radius 3 is 2.22 bits per heavy atom. The van der Waals surface area contributed by atoms with E-state index in [0.717, 1.165) is 5.56 Å². The van der Waals surface area contributed by atoms with Crippen LogP contribution in [0.5, 0.6) is 0 Å². The molecule has 10 heteroatoms. The number of hydrogen-bond acceptors (Lipinski definition) is 6. The van der Waals surface area contributed by atoms with Crippen LogP contribution in [0.1, 0.15) is 15.9 Å². The summed E-state index contributed by atoms with van der Waals surface area (Å²) < 4.78 is 25.8. The van der Waals surface area contributed by atoms with Crippen LogP contribution in [-0.2, 0) is 31.2 Å². The van der Waals surface area contributed by atoms with E-state index in [4.69, 9.17) is 9.99 Å². The molecule has 0 aliphatic heterocycles. The number of benzene rings is 2. The van der Waals surface area contributed by atoms with Crippen LogP contribution in [0.2, 0.25) is 0 Å². The Morgan fingerprint density at radius 1 is 1.04 bits per heavy atom. The van der Waals surface area contributed by atoms with Crippen LogP contribution in [0.25, 0.3) is 0 Å². The van der Waals surface area contributed by atoms with Crippen molar-refractivity contribution in [2.24, 2.45) is 0 Å². The van der Waals surface area contributed by atoms with E-state index < -0.39 is 22.5 Å². The first kappa shape index (κ1) is 20.5. The molecule has 0 unspecified atom stereocenters. The minimum atomic E-state index is -3.93. The van der Waals surface area contributed by atoms with E-state index in [-0.39, 0.29) is 17.4 Å². The van der Waals surface area contributed by atoms with Crippen molar-refractivity contribution in [3.8, 4) is 0 Å². The molecule has 9 nitrogen and oxygen atoms in total. The van der Waals surface area contributed by atoms with E-state index in [1.54, 1.807) is 24.3 Å². The zero-order valence-corrected chi connectivity index (χ0v) is 15.2. The molecule has 0 atom stereocenters. The number of carboxylic acid groups (broad SMARTS) is 1. The molecule has 0 bridgehead atoms. The van der Waals surface area contributed by atoms with Crippen molar-refractivity contribution in [1.82, 2.24) is 4.72 Å². The van der Waals surface area contributed by atoms with Crippen LogP contribution in [0.15, 0.2) is 53.4 Å². The van der Waals surface area contributed by atoms with Gasteiger partial charge in [-0.2, -0.15) is 4.72 Å². The topological polar surface area (TPSA) is 131 Å². The standard InChI is InChI=1S/C17H18N2O7S/c1-25-26-11-12-2-4-13(5-3-12)17(22)19-14-6-8-15(9-7-14)27(23,24)18-10-16(20)21/h2-9,18H,10-11H2,1H3,(H,19,22)(H,20,21). The Bertz CT molecular complexity index is 894. The quantitative estimate of drug-likeness (QED) is 0.432. The second kappa shape index (κ2) is 9.24. The summed E-state index contributed by atoms with van der Waals surface area (Å²) in [6.07, 6.45) is 0. The van der Waals surface area contributed by atoms with Crippen LogP contribution in [0.3, 0.4) is 0 Å². The largest absolute Gasteiger partial charge is 0.480 e. The molecule has 3 N–H and O–H groups in total. The van der Waals surface area contributed by atoms with E-state index >= 15 is 0 Å². The SMILES string of the molecule is COOCc1ccc(C(=O)Nc2ccc(S(=O)(=O)NCC(=O)O)cc2)cc1. The van der Waals surface area contributed by atoms with Crippen molar-refractivity contribution in [3.05, 3.63) is 59.7 Å². The van der Waals surface area contributed by atoms with E-state index in [1.165, 1.54) is 31.4 Å². The van der Waals surface area contributed by atoms with Crippen LogP contribution in [0, 0.1) is 0 Å². The molecule has 0 aromatic heterocycles. The number of hydrogen-bond donors (Lipinski definition) is 3. The Kier molecular flexibility index (Phi) is 7.02. The van der Waals surface area contributed by atoms with Gasteiger partial charge in [0.25, 0.3) is 5.91 Å².